The molecule has 1 fully saturated rings. The third kappa shape index (κ3) is 5.96. The summed E-state index contributed by atoms with van der Waals surface area (Å²) in [5.41, 5.74) is 2.50. The van der Waals surface area contributed by atoms with E-state index < -0.39 is 6.03 Å². The molecular weight excluding hydrogens is 302 g/mol. The van der Waals surface area contributed by atoms with Crippen molar-refractivity contribution in [3.63, 3.8) is 0 Å². The lowest BCUT2D eigenvalue weighted by Crippen LogP contribution is -2.45. The molecule has 3 amide bonds. The molecule has 1 aliphatic carbocycles. The van der Waals surface area contributed by atoms with Crippen molar-refractivity contribution in [2.24, 2.45) is 5.92 Å². The minimum atomic E-state index is -0.394. The van der Waals surface area contributed by atoms with Crippen molar-refractivity contribution in [1.82, 2.24) is 16.0 Å². The normalized spacial score (nSPS) is 15.2. The number of hydrogen-bond acceptors (Lipinski definition) is 3. The summed E-state index contributed by atoms with van der Waals surface area (Å²) < 4.78 is 0. The zero-order valence-corrected chi connectivity index (χ0v) is 14.9. The first-order chi connectivity index (χ1) is 11.5. The molecule has 5 nitrogen and oxygen atoms in total. The number of rotatable bonds is 8. The number of carbonyl (C=O) groups excluding carboxylic acids is 2. The lowest BCUT2D eigenvalue weighted by Gasteiger charge is -2.23. The second-order valence-corrected chi connectivity index (χ2v) is 6.89. The summed E-state index contributed by atoms with van der Waals surface area (Å²) in [6, 6.07) is 8.49. The van der Waals surface area contributed by atoms with E-state index in [0.717, 1.165) is 25.7 Å². The van der Waals surface area contributed by atoms with Crippen LogP contribution in [0.1, 0.15) is 57.2 Å². The van der Waals surface area contributed by atoms with Crippen LogP contribution >= 0.6 is 0 Å². The topological polar surface area (TPSA) is 70.2 Å². The van der Waals surface area contributed by atoms with Crippen LogP contribution in [-0.2, 0) is 11.2 Å². The van der Waals surface area contributed by atoms with Crippen LogP contribution in [0, 0.1) is 5.92 Å². The van der Waals surface area contributed by atoms with Gasteiger partial charge in [-0.05, 0) is 36.3 Å². The summed E-state index contributed by atoms with van der Waals surface area (Å²) in [4.78, 5) is 23.5. The maximum Gasteiger partial charge on any atom is 0.321 e. The summed E-state index contributed by atoms with van der Waals surface area (Å²) in [7, 11) is 0. The molecule has 0 unspecified atom stereocenters. The molecule has 132 valence electrons. The van der Waals surface area contributed by atoms with Crippen LogP contribution in [0.3, 0.4) is 0 Å². The monoisotopic (exact) mass is 331 g/mol. The molecule has 1 aromatic rings. The molecule has 0 saturated heterocycles. The fourth-order valence-electron chi connectivity index (χ4n) is 2.74. The van der Waals surface area contributed by atoms with Gasteiger partial charge in [0.25, 0.3) is 0 Å². The highest BCUT2D eigenvalue weighted by Crippen LogP contribution is 2.22. The molecule has 0 spiro atoms. The summed E-state index contributed by atoms with van der Waals surface area (Å²) >= 11 is 0. The van der Waals surface area contributed by atoms with Crippen LogP contribution in [0.15, 0.2) is 24.3 Å². The maximum absolute atomic E-state index is 11.9. The van der Waals surface area contributed by atoms with Gasteiger partial charge in [0.15, 0.2) is 0 Å². The third-order valence-corrected chi connectivity index (χ3v) is 4.19. The van der Waals surface area contributed by atoms with Gasteiger partial charge in [-0.1, -0.05) is 51.5 Å². The van der Waals surface area contributed by atoms with Crippen LogP contribution in [0.25, 0.3) is 0 Å². The molecule has 0 heterocycles. The maximum atomic E-state index is 11.9. The van der Waals surface area contributed by atoms with E-state index in [4.69, 9.17) is 0 Å². The van der Waals surface area contributed by atoms with Crippen LogP contribution in [-0.4, -0.2) is 24.5 Å². The summed E-state index contributed by atoms with van der Waals surface area (Å²) in [6.07, 6.45) is 4.22. The molecule has 0 aromatic heterocycles. The molecule has 5 heteroatoms. The quantitative estimate of drug-likeness (QED) is 0.686. The molecule has 1 atom stereocenters. The summed E-state index contributed by atoms with van der Waals surface area (Å²) in [5, 5.41) is 8.39. The Labute approximate surface area is 144 Å². The van der Waals surface area contributed by atoms with Gasteiger partial charge >= 0.3 is 6.03 Å². The Balaban J connectivity index is 1.85. The SMILES string of the molecule is CCCc1ccc([C@H](NCC(=O)NC(=O)NC2CC2)C(C)C)cc1. The summed E-state index contributed by atoms with van der Waals surface area (Å²) in [5.74, 6) is 0.0384. The zero-order chi connectivity index (χ0) is 17.5. The minimum Gasteiger partial charge on any atom is -0.335 e. The highest BCUT2D eigenvalue weighted by molar-refractivity contribution is 5.95. The van der Waals surface area contributed by atoms with E-state index in [0.29, 0.717) is 5.92 Å². The highest BCUT2D eigenvalue weighted by Gasteiger charge is 2.24. The highest BCUT2D eigenvalue weighted by atomic mass is 16.2. The third-order valence-electron chi connectivity index (χ3n) is 4.19. The molecule has 2 rings (SSSR count). The van der Waals surface area contributed by atoms with Gasteiger partial charge in [0.2, 0.25) is 5.91 Å². The van der Waals surface area contributed by atoms with Gasteiger partial charge in [0.05, 0.1) is 6.54 Å². The standard InChI is InChI=1S/C19H29N3O2/c1-4-5-14-6-8-15(9-7-14)18(13(2)3)20-12-17(23)22-19(24)21-16-10-11-16/h6-9,13,16,18,20H,4-5,10-12H2,1-3H3,(H2,21,22,23,24)/t18-/m1/s1. The van der Waals surface area contributed by atoms with E-state index >= 15 is 0 Å². The van der Waals surface area contributed by atoms with Crippen molar-refractivity contribution in [1.29, 1.82) is 0 Å². The summed E-state index contributed by atoms with van der Waals surface area (Å²) in [6.45, 7) is 6.53. The van der Waals surface area contributed by atoms with Gasteiger partial charge in [-0.2, -0.15) is 0 Å². The van der Waals surface area contributed by atoms with Gasteiger partial charge < -0.3 is 10.6 Å². The van der Waals surface area contributed by atoms with E-state index in [1.807, 2.05) is 0 Å². The van der Waals surface area contributed by atoms with Crippen molar-refractivity contribution >= 4 is 11.9 Å². The van der Waals surface area contributed by atoms with Gasteiger partial charge in [0, 0.05) is 12.1 Å². The number of hydrogen-bond donors (Lipinski definition) is 3. The zero-order valence-electron chi connectivity index (χ0n) is 14.9. The average molecular weight is 331 g/mol. The number of aryl methyl sites for hydroxylation is 1. The molecule has 24 heavy (non-hydrogen) atoms. The molecule has 3 N–H and O–H groups in total. The van der Waals surface area contributed by atoms with Crippen molar-refractivity contribution in [3.8, 4) is 0 Å². The minimum absolute atomic E-state index is 0.0814. The second-order valence-electron chi connectivity index (χ2n) is 6.89. The van der Waals surface area contributed by atoms with E-state index in [-0.39, 0.29) is 24.5 Å². The molecule has 0 radical (unpaired) electrons. The van der Waals surface area contributed by atoms with E-state index in [2.05, 4.69) is 61.0 Å². The predicted octanol–water partition coefficient (Wildman–Crippen LogP) is 2.91. The number of benzene rings is 1. The van der Waals surface area contributed by atoms with Crippen LogP contribution < -0.4 is 16.0 Å². The number of urea groups is 1. The van der Waals surface area contributed by atoms with E-state index in [9.17, 15) is 9.59 Å². The fraction of sp³-hybridized carbons (Fsp3) is 0.579. The number of amides is 3. The molecule has 0 aliphatic heterocycles. The first-order valence-corrected chi connectivity index (χ1v) is 8.92. The Morgan fingerprint density at radius 2 is 1.83 bits per heavy atom. The Hall–Kier alpha value is -1.88. The molecular formula is C19H29N3O2. The van der Waals surface area contributed by atoms with Crippen molar-refractivity contribution in [2.45, 2.75) is 58.5 Å². The Bertz CT molecular complexity index is 550. The second kappa shape index (κ2) is 8.83. The van der Waals surface area contributed by atoms with Gasteiger partial charge in [-0.3, -0.25) is 10.1 Å². The first kappa shape index (κ1) is 18.5. The Morgan fingerprint density at radius 1 is 1.17 bits per heavy atom. The van der Waals surface area contributed by atoms with Crippen molar-refractivity contribution < 1.29 is 9.59 Å². The average Bonchev–Trinajstić information content (AvgIpc) is 3.32. The number of carbonyl (C=O) groups is 2. The predicted molar refractivity (Wildman–Crippen MR) is 95.7 cm³/mol. The van der Waals surface area contributed by atoms with Crippen LogP contribution in [0.4, 0.5) is 4.79 Å². The molecule has 1 aliphatic rings. The number of nitrogens with one attached hydrogen (secondary N) is 3. The Kier molecular flexibility index (Phi) is 6.79. The first-order valence-electron chi connectivity index (χ1n) is 8.92. The molecule has 1 aromatic carbocycles. The Morgan fingerprint density at radius 3 is 2.38 bits per heavy atom. The van der Waals surface area contributed by atoms with Crippen molar-refractivity contribution in [3.05, 3.63) is 35.4 Å². The van der Waals surface area contributed by atoms with Gasteiger partial charge in [-0.25, -0.2) is 4.79 Å². The largest absolute Gasteiger partial charge is 0.335 e. The van der Waals surface area contributed by atoms with E-state index in [1.54, 1.807) is 0 Å². The molecule has 0 bridgehead atoms. The number of imide groups is 1. The smallest absolute Gasteiger partial charge is 0.321 e. The van der Waals surface area contributed by atoms with Gasteiger partial charge in [0.1, 0.15) is 0 Å². The lowest BCUT2D eigenvalue weighted by molar-refractivity contribution is -0.119. The fourth-order valence-corrected chi connectivity index (χ4v) is 2.74. The van der Waals surface area contributed by atoms with Crippen LogP contribution in [0.5, 0.6) is 0 Å². The van der Waals surface area contributed by atoms with E-state index in [1.165, 1.54) is 11.1 Å². The molecule has 1 saturated carbocycles. The van der Waals surface area contributed by atoms with Gasteiger partial charge in [-0.15, -0.1) is 0 Å². The van der Waals surface area contributed by atoms with Crippen molar-refractivity contribution in [2.75, 3.05) is 6.54 Å². The lowest BCUT2D eigenvalue weighted by atomic mass is 9.94. The van der Waals surface area contributed by atoms with Crippen LogP contribution in [0.2, 0.25) is 0 Å².